The van der Waals surface area contributed by atoms with E-state index in [2.05, 4.69) is 72.9 Å². The van der Waals surface area contributed by atoms with Crippen molar-refractivity contribution in [2.75, 3.05) is 11.9 Å². The number of benzene rings is 3. The zero-order chi connectivity index (χ0) is 15.9. The fraction of sp³-hybridized carbons (Fsp3) is 0.238. The predicted octanol–water partition coefficient (Wildman–Crippen LogP) is 5.63. The van der Waals surface area contributed by atoms with E-state index in [4.69, 9.17) is 4.74 Å². The van der Waals surface area contributed by atoms with E-state index < -0.39 is 0 Å². The molecule has 3 aromatic carbocycles. The van der Waals surface area contributed by atoms with Crippen molar-refractivity contribution < 1.29 is 4.74 Å². The van der Waals surface area contributed by atoms with Gasteiger partial charge in [-0.15, -0.1) is 0 Å². The Morgan fingerprint density at radius 1 is 0.913 bits per heavy atom. The Kier molecular flexibility index (Phi) is 5.15. The summed E-state index contributed by atoms with van der Waals surface area (Å²) in [6.45, 7) is 3.75. The molecule has 3 aromatic rings. The molecule has 0 saturated carbocycles. The van der Waals surface area contributed by atoms with E-state index in [0.717, 1.165) is 31.7 Å². The first-order valence-electron chi connectivity index (χ1n) is 8.30. The maximum Gasteiger partial charge on any atom is 0.119 e. The Labute approximate surface area is 138 Å². The van der Waals surface area contributed by atoms with E-state index in [9.17, 15) is 0 Å². The van der Waals surface area contributed by atoms with Crippen LogP contribution in [0.2, 0.25) is 0 Å². The van der Waals surface area contributed by atoms with Gasteiger partial charge in [0.1, 0.15) is 5.75 Å². The SMILES string of the molecule is CCCCOc1cccc(CNc2cccc3ccccc23)c1. The largest absolute Gasteiger partial charge is 0.494 e. The lowest BCUT2D eigenvalue weighted by molar-refractivity contribution is 0.309. The minimum absolute atomic E-state index is 0.788. The van der Waals surface area contributed by atoms with E-state index in [1.807, 2.05) is 6.07 Å². The maximum absolute atomic E-state index is 5.78. The molecule has 0 bridgehead atoms. The standard InChI is InChI=1S/C21H23NO/c1-2-3-14-23-19-11-6-8-17(15-19)16-22-21-13-7-10-18-9-4-5-12-20(18)21/h4-13,15,22H,2-3,14,16H2,1H3. The second-order valence-electron chi connectivity index (χ2n) is 5.73. The summed E-state index contributed by atoms with van der Waals surface area (Å²) < 4.78 is 5.78. The van der Waals surface area contributed by atoms with Crippen LogP contribution in [0.3, 0.4) is 0 Å². The summed E-state index contributed by atoms with van der Waals surface area (Å²) in [6, 6.07) is 23.1. The van der Waals surface area contributed by atoms with Gasteiger partial charge in [0.05, 0.1) is 6.61 Å². The summed E-state index contributed by atoms with van der Waals surface area (Å²) >= 11 is 0. The lowest BCUT2D eigenvalue weighted by atomic mass is 10.1. The summed E-state index contributed by atoms with van der Waals surface area (Å²) in [5.41, 5.74) is 2.40. The Morgan fingerprint density at radius 2 is 1.74 bits per heavy atom. The zero-order valence-corrected chi connectivity index (χ0v) is 13.6. The summed E-state index contributed by atoms with van der Waals surface area (Å²) in [5.74, 6) is 0.954. The summed E-state index contributed by atoms with van der Waals surface area (Å²) in [4.78, 5) is 0. The number of rotatable bonds is 7. The van der Waals surface area contributed by atoms with Crippen LogP contribution in [-0.4, -0.2) is 6.61 Å². The molecule has 0 aliphatic carbocycles. The molecule has 0 unspecified atom stereocenters. The van der Waals surface area contributed by atoms with E-state index in [-0.39, 0.29) is 0 Å². The van der Waals surface area contributed by atoms with Crippen LogP contribution >= 0.6 is 0 Å². The van der Waals surface area contributed by atoms with Crippen LogP contribution in [0.4, 0.5) is 5.69 Å². The molecular formula is C21H23NO. The Hall–Kier alpha value is -2.48. The lowest BCUT2D eigenvalue weighted by Crippen LogP contribution is -2.01. The molecule has 0 amide bonds. The first-order valence-corrected chi connectivity index (χ1v) is 8.30. The molecule has 118 valence electrons. The van der Waals surface area contributed by atoms with Crippen LogP contribution in [0.1, 0.15) is 25.3 Å². The molecular weight excluding hydrogens is 282 g/mol. The molecule has 0 atom stereocenters. The minimum atomic E-state index is 0.788. The summed E-state index contributed by atoms with van der Waals surface area (Å²) in [5, 5.41) is 6.06. The fourth-order valence-corrected chi connectivity index (χ4v) is 2.66. The third kappa shape index (κ3) is 4.04. The Bertz CT molecular complexity index is 761. The number of fused-ring (bicyclic) bond motifs is 1. The van der Waals surface area contributed by atoms with Crippen molar-refractivity contribution in [3.05, 3.63) is 72.3 Å². The summed E-state index contributed by atoms with van der Waals surface area (Å²) in [6.07, 6.45) is 2.25. The Balaban J connectivity index is 1.69. The van der Waals surface area contributed by atoms with E-state index in [1.165, 1.54) is 22.0 Å². The van der Waals surface area contributed by atoms with Crippen LogP contribution in [0.5, 0.6) is 5.75 Å². The van der Waals surface area contributed by atoms with E-state index in [0.29, 0.717) is 0 Å². The highest BCUT2D eigenvalue weighted by Gasteiger charge is 2.01. The van der Waals surface area contributed by atoms with Gasteiger partial charge in [-0.1, -0.05) is 61.9 Å². The summed E-state index contributed by atoms with van der Waals surface area (Å²) in [7, 11) is 0. The van der Waals surface area contributed by atoms with Gasteiger partial charge in [0.15, 0.2) is 0 Å². The number of unbranched alkanes of at least 4 members (excludes halogenated alkanes) is 1. The van der Waals surface area contributed by atoms with Gasteiger partial charge < -0.3 is 10.1 Å². The molecule has 1 N–H and O–H groups in total. The smallest absolute Gasteiger partial charge is 0.119 e. The van der Waals surface area contributed by atoms with Gasteiger partial charge in [0.2, 0.25) is 0 Å². The highest BCUT2D eigenvalue weighted by atomic mass is 16.5. The van der Waals surface area contributed by atoms with Gasteiger partial charge in [0, 0.05) is 17.6 Å². The van der Waals surface area contributed by atoms with Crippen LogP contribution in [-0.2, 0) is 6.54 Å². The predicted molar refractivity (Wildman–Crippen MR) is 98.1 cm³/mol. The molecule has 0 heterocycles. The van der Waals surface area contributed by atoms with E-state index in [1.54, 1.807) is 0 Å². The quantitative estimate of drug-likeness (QED) is 0.571. The molecule has 0 saturated heterocycles. The van der Waals surface area contributed by atoms with Crippen molar-refractivity contribution in [2.24, 2.45) is 0 Å². The van der Waals surface area contributed by atoms with Crippen LogP contribution in [0, 0.1) is 0 Å². The van der Waals surface area contributed by atoms with E-state index >= 15 is 0 Å². The van der Waals surface area contributed by atoms with Gasteiger partial charge in [0.25, 0.3) is 0 Å². The molecule has 0 aliphatic heterocycles. The topological polar surface area (TPSA) is 21.3 Å². The van der Waals surface area contributed by atoms with Crippen LogP contribution < -0.4 is 10.1 Å². The fourth-order valence-electron chi connectivity index (χ4n) is 2.66. The third-order valence-corrected chi connectivity index (χ3v) is 3.94. The van der Waals surface area contributed by atoms with Crippen molar-refractivity contribution in [1.82, 2.24) is 0 Å². The molecule has 2 heteroatoms. The maximum atomic E-state index is 5.78. The van der Waals surface area contributed by atoms with Gasteiger partial charge in [-0.3, -0.25) is 0 Å². The number of ether oxygens (including phenoxy) is 1. The normalized spacial score (nSPS) is 10.7. The van der Waals surface area contributed by atoms with Gasteiger partial charge >= 0.3 is 0 Å². The molecule has 2 nitrogen and oxygen atoms in total. The van der Waals surface area contributed by atoms with Crippen molar-refractivity contribution in [3.63, 3.8) is 0 Å². The van der Waals surface area contributed by atoms with Crippen molar-refractivity contribution in [3.8, 4) is 5.75 Å². The average molecular weight is 305 g/mol. The first kappa shape index (κ1) is 15.4. The van der Waals surface area contributed by atoms with Crippen LogP contribution in [0.25, 0.3) is 10.8 Å². The molecule has 0 fully saturated rings. The molecule has 23 heavy (non-hydrogen) atoms. The molecule has 0 aromatic heterocycles. The van der Waals surface area contributed by atoms with Crippen molar-refractivity contribution in [1.29, 1.82) is 0 Å². The van der Waals surface area contributed by atoms with Crippen molar-refractivity contribution in [2.45, 2.75) is 26.3 Å². The van der Waals surface area contributed by atoms with Gasteiger partial charge in [-0.05, 0) is 35.6 Å². The van der Waals surface area contributed by atoms with Gasteiger partial charge in [-0.25, -0.2) is 0 Å². The first-order chi connectivity index (χ1) is 11.4. The third-order valence-electron chi connectivity index (χ3n) is 3.94. The number of hydrogen-bond acceptors (Lipinski definition) is 2. The second-order valence-corrected chi connectivity index (χ2v) is 5.73. The number of nitrogens with one attached hydrogen (secondary N) is 1. The molecule has 0 aliphatic rings. The van der Waals surface area contributed by atoms with Crippen molar-refractivity contribution >= 4 is 16.5 Å². The lowest BCUT2D eigenvalue weighted by Gasteiger charge is -2.11. The molecule has 0 spiro atoms. The highest BCUT2D eigenvalue weighted by Crippen LogP contribution is 2.24. The molecule has 3 rings (SSSR count). The highest BCUT2D eigenvalue weighted by molar-refractivity contribution is 5.93. The number of anilines is 1. The number of hydrogen-bond donors (Lipinski definition) is 1. The van der Waals surface area contributed by atoms with Crippen LogP contribution in [0.15, 0.2) is 66.7 Å². The van der Waals surface area contributed by atoms with Gasteiger partial charge in [-0.2, -0.15) is 0 Å². The average Bonchev–Trinajstić information content (AvgIpc) is 2.60. The molecule has 0 radical (unpaired) electrons. The monoisotopic (exact) mass is 305 g/mol. The Morgan fingerprint density at radius 3 is 2.65 bits per heavy atom. The zero-order valence-electron chi connectivity index (χ0n) is 13.6. The second kappa shape index (κ2) is 7.68. The minimum Gasteiger partial charge on any atom is -0.494 e.